The lowest BCUT2D eigenvalue weighted by molar-refractivity contribution is 1.06. The van der Waals surface area contributed by atoms with Gasteiger partial charge in [0.2, 0.25) is 0 Å². The molecule has 6 aromatic carbocycles. The maximum absolute atomic E-state index is 4.81. The minimum Gasteiger partial charge on any atom is -0.311 e. The van der Waals surface area contributed by atoms with E-state index in [9.17, 15) is 0 Å². The third kappa shape index (κ3) is 6.08. The third-order valence-electron chi connectivity index (χ3n) is 7.74. The predicted molar refractivity (Wildman–Crippen MR) is 187 cm³/mol. The number of rotatable bonds is 8. The molecular formula is C41H32N4. The standard InChI is InChI=1S/C41H32N4/c1-31-42-40(32-22-26-38(27-23-32)44(34-14-6-2-7-15-34)35-16-8-3-9-17-35)30-41(43-31)33-24-28-39(29-25-33)45(36-18-10-4-11-19-36)37-20-12-5-13-21-37/h2-30H,1H3. The summed E-state index contributed by atoms with van der Waals surface area (Å²) in [5, 5.41) is 0. The molecule has 7 aromatic rings. The van der Waals surface area contributed by atoms with E-state index in [1.807, 2.05) is 31.2 Å². The number of aromatic nitrogens is 2. The van der Waals surface area contributed by atoms with E-state index in [1.54, 1.807) is 0 Å². The van der Waals surface area contributed by atoms with E-state index in [-0.39, 0.29) is 0 Å². The number of hydrogen-bond acceptors (Lipinski definition) is 4. The van der Waals surface area contributed by atoms with Crippen molar-refractivity contribution in [2.75, 3.05) is 9.80 Å². The summed E-state index contributed by atoms with van der Waals surface area (Å²) in [7, 11) is 0. The molecule has 216 valence electrons. The Kier molecular flexibility index (Phi) is 7.85. The van der Waals surface area contributed by atoms with Crippen LogP contribution in [0.4, 0.5) is 34.1 Å². The molecule has 45 heavy (non-hydrogen) atoms. The van der Waals surface area contributed by atoms with Crippen molar-refractivity contribution in [3.8, 4) is 22.5 Å². The Hall–Kier alpha value is -6.00. The van der Waals surface area contributed by atoms with Crippen LogP contribution in [0.2, 0.25) is 0 Å². The molecule has 0 amide bonds. The van der Waals surface area contributed by atoms with Crippen molar-refractivity contribution < 1.29 is 0 Å². The normalized spacial score (nSPS) is 10.8. The van der Waals surface area contributed by atoms with Crippen molar-refractivity contribution in [2.24, 2.45) is 0 Å². The molecule has 4 nitrogen and oxygen atoms in total. The quantitative estimate of drug-likeness (QED) is 0.179. The van der Waals surface area contributed by atoms with E-state index < -0.39 is 0 Å². The number of benzene rings is 6. The van der Waals surface area contributed by atoms with Crippen molar-refractivity contribution in [1.29, 1.82) is 0 Å². The zero-order valence-corrected chi connectivity index (χ0v) is 25.0. The summed E-state index contributed by atoms with van der Waals surface area (Å²) in [6.45, 7) is 1.95. The van der Waals surface area contributed by atoms with Crippen LogP contribution < -0.4 is 9.80 Å². The molecular weight excluding hydrogens is 548 g/mol. The van der Waals surface area contributed by atoms with E-state index in [4.69, 9.17) is 9.97 Å². The maximum atomic E-state index is 4.81. The highest BCUT2D eigenvalue weighted by atomic mass is 15.1. The Bertz CT molecular complexity index is 1750. The molecule has 0 bridgehead atoms. The smallest absolute Gasteiger partial charge is 0.126 e. The van der Waals surface area contributed by atoms with Crippen LogP contribution in [0.15, 0.2) is 176 Å². The Labute approximate surface area is 264 Å². The van der Waals surface area contributed by atoms with Crippen LogP contribution in [-0.2, 0) is 0 Å². The predicted octanol–water partition coefficient (Wildman–Crippen LogP) is 11.1. The molecule has 0 N–H and O–H groups in total. The van der Waals surface area contributed by atoms with Crippen LogP contribution in [0, 0.1) is 6.92 Å². The van der Waals surface area contributed by atoms with Gasteiger partial charge in [0, 0.05) is 45.3 Å². The van der Waals surface area contributed by atoms with Crippen LogP contribution in [0.25, 0.3) is 22.5 Å². The SMILES string of the molecule is Cc1nc(-c2ccc(N(c3ccccc3)c3ccccc3)cc2)cc(-c2ccc(N(c3ccccc3)c3ccccc3)cc2)n1. The highest BCUT2D eigenvalue weighted by Gasteiger charge is 2.15. The van der Waals surface area contributed by atoms with Gasteiger partial charge in [-0.3, -0.25) is 0 Å². The van der Waals surface area contributed by atoms with Gasteiger partial charge in [-0.15, -0.1) is 0 Å². The topological polar surface area (TPSA) is 32.3 Å². The van der Waals surface area contributed by atoms with E-state index in [0.29, 0.717) is 0 Å². The molecule has 0 saturated heterocycles. The molecule has 0 spiro atoms. The van der Waals surface area contributed by atoms with Gasteiger partial charge in [0.05, 0.1) is 11.4 Å². The van der Waals surface area contributed by atoms with Gasteiger partial charge in [-0.1, -0.05) is 97.1 Å². The number of hydrogen-bond donors (Lipinski definition) is 0. The Morgan fingerprint density at radius 1 is 0.333 bits per heavy atom. The van der Waals surface area contributed by atoms with Gasteiger partial charge >= 0.3 is 0 Å². The lowest BCUT2D eigenvalue weighted by Gasteiger charge is -2.25. The fraction of sp³-hybridized carbons (Fsp3) is 0.0244. The van der Waals surface area contributed by atoms with Gasteiger partial charge < -0.3 is 9.80 Å². The highest BCUT2D eigenvalue weighted by molar-refractivity contribution is 5.80. The van der Waals surface area contributed by atoms with E-state index in [2.05, 4.69) is 161 Å². The van der Waals surface area contributed by atoms with Crippen LogP contribution in [-0.4, -0.2) is 9.97 Å². The molecule has 0 saturated carbocycles. The fourth-order valence-corrected chi connectivity index (χ4v) is 5.63. The Balaban J connectivity index is 1.19. The van der Waals surface area contributed by atoms with Crippen molar-refractivity contribution in [2.45, 2.75) is 6.92 Å². The number of nitrogens with zero attached hydrogens (tertiary/aromatic N) is 4. The molecule has 1 aromatic heterocycles. The zero-order chi connectivity index (χ0) is 30.4. The molecule has 0 radical (unpaired) electrons. The largest absolute Gasteiger partial charge is 0.311 e. The van der Waals surface area contributed by atoms with Crippen molar-refractivity contribution in [3.63, 3.8) is 0 Å². The van der Waals surface area contributed by atoms with E-state index in [0.717, 1.165) is 62.5 Å². The Morgan fingerprint density at radius 2 is 0.600 bits per heavy atom. The molecule has 4 heteroatoms. The molecule has 0 unspecified atom stereocenters. The second kappa shape index (κ2) is 12.7. The average Bonchev–Trinajstić information content (AvgIpc) is 3.11. The van der Waals surface area contributed by atoms with Crippen molar-refractivity contribution in [1.82, 2.24) is 9.97 Å². The first kappa shape index (κ1) is 27.8. The van der Waals surface area contributed by atoms with E-state index in [1.165, 1.54) is 0 Å². The first-order valence-electron chi connectivity index (χ1n) is 15.1. The van der Waals surface area contributed by atoms with Crippen LogP contribution in [0.3, 0.4) is 0 Å². The second-order valence-corrected chi connectivity index (χ2v) is 10.8. The molecule has 7 rings (SSSR count). The lowest BCUT2D eigenvalue weighted by atomic mass is 10.1. The summed E-state index contributed by atoms with van der Waals surface area (Å²) < 4.78 is 0. The average molecular weight is 581 g/mol. The summed E-state index contributed by atoms with van der Waals surface area (Å²) >= 11 is 0. The molecule has 0 atom stereocenters. The molecule has 0 aliphatic rings. The number of para-hydroxylation sites is 4. The summed E-state index contributed by atoms with van der Waals surface area (Å²) in [5.41, 5.74) is 10.5. The summed E-state index contributed by atoms with van der Waals surface area (Å²) in [6, 6.07) is 61.0. The van der Waals surface area contributed by atoms with Gasteiger partial charge in [-0.2, -0.15) is 0 Å². The Morgan fingerprint density at radius 3 is 0.889 bits per heavy atom. The zero-order valence-electron chi connectivity index (χ0n) is 25.0. The second-order valence-electron chi connectivity index (χ2n) is 10.8. The third-order valence-corrected chi connectivity index (χ3v) is 7.74. The summed E-state index contributed by atoms with van der Waals surface area (Å²) in [4.78, 5) is 14.1. The van der Waals surface area contributed by atoms with Gasteiger partial charge in [-0.25, -0.2) is 9.97 Å². The minimum absolute atomic E-state index is 0.737. The molecule has 0 aliphatic carbocycles. The number of aryl methyl sites for hydroxylation is 1. The fourth-order valence-electron chi connectivity index (χ4n) is 5.63. The highest BCUT2D eigenvalue weighted by Crippen LogP contribution is 2.37. The minimum atomic E-state index is 0.737. The molecule has 0 aliphatic heterocycles. The van der Waals surface area contributed by atoms with Crippen LogP contribution in [0.5, 0.6) is 0 Å². The van der Waals surface area contributed by atoms with Crippen molar-refractivity contribution in [3.05, 3.63) is 182 Å². The molecule has 0 fully saturated rings. The van der Waals surface area contributed by atoms with Gasteiger partial charge in [0.15, 0.2) is 0 Å². The van der Waals surface area contributed by atoms with Gasteiger partial charge in [0.1, 0.15) is 5.82 Å². The first-order chi connectivity index (χ1) is 22.2. The van der Waals surface area contributed by atoms with Crippen LogP contribution >= 0.6 is 0 Å². The maximum Gasteiger partial charge on any atom is 0.126 e. The lowest BCUT2D eigenvalue weighted by Crippen LogP contribution is -2.09. The van der Waals surface area contributed by atoms with Gasteiger partial charge in [0.25, 0.3) is 0 Å². The van der Waals surface area contributed by atoms with Crippen molar-refractivity contribution >= 4 is 34.1 Å². The first-order valence-corrected chi connectivity index (χ1v) is 15.1. The van der Waals surface area contributed by atoms with Gasteiger partial charge in [-0.05, 0) is 85.8 Å². The van der Waals surface area contributed by atoms with Crippen LogP contribution in [0.1, 0.15) is 5.82 Å². The summed E-state index contributed by atoms with van der Waals surface area (Å²) in [5.74, 6) is 0.737. The molecule has 1 heterocycles. The van der Waals surface area contributed by atoms with E-state index >= 15 is 0 Å². The number of anilines is 6. The monoisotopic (exact) mass is 580 g/mol. The summed E-state index contributed by atoms with van der Waals surface area (Å²) in [6.07, 6.45) is 0.